The van der Waals surface area contributed by atoms with Crippen molar-refractivity contribution in [3.8, 4) is 0 Å². The molecule has 0 aromatic rings. The Kier molecular flexibility index (Phi) is 5.83. The van der Waals surface area contributed by atoms with Crippen LogP contribution in [0.15, 0.2) is 5.16 Å². The lowest BCUT2D eigenvalue weighted by Crippen LogP contribution is -2.42. The number of hydrogen-bond acceptors (Lipinski definition) is 3. The molecule has 4 nitrogen and oxygen atoms in total. The van der Waals surface area contributed by atoms with Crippen LogP contribution in [-0.4, -0.2) is 36.2 Å². The van der Waals surface area contributed by atoms with Crippen LogP contribution < -0.4 is 0 Å². The van der Waals surface area contributed by atoms with E-state index in [1.54, 1.807) is 0 Å². The largest absolute Gasteiger partial charge is 0.386 e. The van der Waals surface area contributed by atoms with Gasteiger partial charge in [0, 0.05) is 18.5 Å². The van der Waals surface area contributed by atoms with Crippen molar-refractivity contribution in [2.45, 2.75) is 61.3 Å². The predicted octanol–water partition coefficient (Wildman–Crippen LogP) is 3.71. The third-order valence-corrected chi connectivity index (χ3v) is 4.55. The van der Waals surface area contributed by atoms with Crippen molar-refractivity contribution in [2.24, 2.45) is 21.9 Å². The van der Waals surface area contributed by atoms with Crippen LogP contribution in [0, 0.1) is 16.7 Å². The highest BCUT2D eigenvalue weighted by Gasteiger charge is 2.30. The van der Waals surface area contributed by atoms with Crippen LogP contribution in [0.3, 0.4) is 0 Å². The summed E-state index contributed by atoms with van der Waals surface area (Å²) < 4.78 is 0. The van der Waals surface area contributed by atoms with Crippen molar-refractivity contribution in [1.29, 1.82) is 0 Å². The van der Waals surface area contributed by atoms with Crippen LogP contribution in [-0.2, 0) is 9.63 Å². The summed E-state index contributed by atoms with van der Waals surface area (Å²) in [6, 6.07) is 0. The number of oxime groups is 1. The second-order valence-corrected chi connectivity index (χ2v) is 8.22. The predicted molar refractivity (Wildman–Crippen MR) is 87.3 cm³/mol. The first-order valence-corrected chi connectivity index (χ1v) is 7.96. The van der Waals surface area contributed by atoms with E-state index in [9.17, 15) is 4.79 Å². The van der Waals surface area contributed by atoms with Gasteiger partial charge in [-0.05, 0) is 31.1 Å². The second kappa shape index (κ2) is 6.80. The van der Waals surface area contributed by atoms with E-state index in [-0.39, 0.29) is 17.9 Å². The molecule has 0 bridgehead atoms. The highest BCUT2D eigenvalue weighted by atomic mass is 16.6. The Bertz CT molecular complexity index is 381. The molecule has 1 saturated heterocycles. The molecular formula is C17H32N2O2. The first-order chi connectivity index (χ1) is 9.51. The zero-order valence-electron chi connectivity index (χ0n) is 14.8. The van der Waals surface area contributed by atoms with Crippen molar-refractivity contribution in [3.05, 3.63) is 0 Å². The molecule has 0 atom stereocenters. The fourth-order valence-electron chi connectivity index (χ4n) is 2.41. The Morgan fingerprint density at radius 3 is 2.10 bits per heavy atom. The third kappa shape index (κ3) is 5.68. The van der Waals surface area contributed by atoms with Gasteiger partial charge < -0.3 is 9.74 Å². The van der Waals surface area contributed by atoms with E-state index in [0.717, 1.165) is 31.6 Å². The quantitative estimate of drug-likeness (QED) is 0.588. The van der Waals surface area contributed by atoms with Crippen molar-refractivity contribution in [2.75, 3.05) is 19.7 Å². The maximum absolute atomic E-state index is 12.1. The summed E-state index contributed by atoms with van der Waals surface area (Å²) in [6.45, 7) is 16.7. The zero-order valence-corrected chi connectivity index (χ0v) is 14.8. The van der Waals surface area contributed by atoms with Crippen LogP contribution in [0.2, 0.25) is 0 Å². The van der Waals surface area contributed by atoms with Crippen LogP contribution in [0.25, 0.3) is 0 Å². The molecule has 0 unspecified atom stereocenters. The summed E-state index contributed by atoms with van der Waals surface area (Å²) in [6.07, 6.45) is 2.17. The summed E-state index contributed by atoms with van der Waals surface area (Å²) in [4.78, 5) is 19.3. The average molecular weight is 296 g/mol. The topological polar surface area (TPSA) is 41.9 Å². The highest BCUT2D eigenvalue weighted by Crippen LogP contribution is 2.34. The van der Waals surface area contributed by atoms with Gasteiger partial charge in [-0.1, -0.05) is 46.7 Å². The first kappa shape index (κ1) is 18.0. The van der Waals surface area contributed by atoms with E-state index >= 15 is 0 Å². The minimum Gasteiger partial charge on any atom is -0.386 e. The van der Waals surface area contributed by atoms with E-state index in [2.05, 4.69) is 46.7 Å². The fraction of sp³-hybridized carbons (Fsp3) is 0.882. The molecule has 21 heavy (non-hydrogen) atoms. The summed E-state index contributed by atoms with van der Waals surface area (Å²) in [5, 5.41) is 4.05. The molecule has 0 aromatic carbocycles. The molecule has 0 spiro atoms. The Morgan fingerprint density at radius 2 is 1.67 bits per heavy atom. The molecule has 0 N–H and O–H groups in total. The van der Waals surface area contributed by atoms with Gasteiger partial charge in [0.05, 0.1) is 5.71 Å². The van der Waals surface area contributed by atoms with E-state index in [4.69, 9.17) is 4.84 Å². The van der Waals surface area contributed by atoms with Crippen LogP contribution in [0.5, 0.6) is 0 Å². The molecule has 122 valence electrons. The number of carbonyl (C=O) groups is 1. The van der Waals surface area contributed by atoms with Gasteiger partial charge in [0.1, 0.15) is 0 Å². The molecule has 0 aromatic heterocycles. The van der Waals surface area contributed by atoms with E-state index < -0.39 is 0 Å². The summed E-state index contributed by atoms with van der Waals surface area (Å²) >= 11 is 0. The zero-order chi connectivity index (χ0) is 16.3. The number of nitrogens with zero attached hydrogens (tertiary/aromatic N) is 2. The Morgan fingerprint density at radius 1 is 1.14 bits per heavy atom. The monoisotopic (exact) mass is 296 g/mol. The molecule has 1 rings (SSSR count). The van der Waals surface area contributed by atoms with Crippen molar-refractivity contribution in [1.82, 2.24) is 4.90 Å². The Balaban J connectivity index is 2.39. The second-order valence-electron chi connectivity index (χ2n) is 8.22. The number of hydrogen-bond donors (Lipinski definition) is 0. The Labute approximate surface area is 129 Å². The number of piperidine rings is 1. The van der Waals surface area contributed by atoms with Gasteiger partial charge in [-0.15, -0.1) is 0 Å². The van der Waals surface area contributed by atoms with Crippen LogP contribution in [0.1, 0.15) is 61.3 Å². The number of carbonyl (C=O) groups excluding carboxylic acids is 1. The smallest absolute Gasteiger partial charge is 0.263 e. The average Bonchev–Trinajstić information content (AvgIpc) is 2.36. The van der Waals surface area contributed by atoms with Gasteiger partial charge in [0.15, 0.2) is 6.61 Å². The third-order valence-electron chi connectivity index (χ3n) is 4.55. The summed E-state index contributed by atoms with van der Waals surface area (Å²) in [5.41, 5.74) is 1.22. The molecule has 1 aliphatic heterocycles. The molecule has 1 amide bonds. The molecule has 0 aliphatic carbocycles. The van der Waals surface area contributed by atoms with Gasteiger partial charge in [-0.2, -0.15) is 0 Å². The van der Waals surface area contributed by atoms with Crippen LogP contribution >= 0.6 is 0 Å². The fourth-order valence-corrected chi connectivity index (χ4v) is 2.41. The number of likely N-dealkylation sites (tertiary alicyclic amines) is 1. The van der Waals surface area contributed by atoms with Crippen molar-refractivity contribution >= 4 is 11.6 Å². The molecule has 4 heteroatoms. The van der Waals surface area contributed by atoms with Gasteiger partial charge >= 0.3 is 0 Å². The molecule has 0 radical (unpaired) electrons. The first-order valence-electron chi connectivity index (χ1n) is 7.96. The minimum atomic E-state index is -0.0197. The standard InChI is InChI=1S/C17H32N2O2/c1-13(16(2,3)4)18-21-12-15(20)19-10-8-14(9-11-19)17(5,6)7/h14H,8-12H2,1-7H3/b18-13-. The molecule has 1 aliphatic rings. The van der Waals surface area contributed by atoms with Crippen molar-refractivity contribution < 1.29 is 9.63 Å². The number of rotatable bonds is 3. The van der Waals surface area contributed by atoms with E-state index in [1.807, 2.05) is 11.8 Å². The van der Waals surface area contributed by atoms with E-state index in [1.165, 1.54) is 0 Å². The highest BCUT2D eigenvalue weighted by molar-refractivity contribution is 5.86. The van der Waals surface area contributed by atoms with Gasteiger partial charge in [0.25, 0.3) is 5.91 Å². The lowest BCUT2D eigenvalue weighted by molar-refractivity contribution is -0.138. The molecule has 0 saturated carbocycles. The minimum absolute atomic E-state index is 0.0197. The van der Waals surface area contributed by atoms with Gasteiger partial charge in [-0.25, -0.2) is 0 Å². The molecule has 1 heterocycles. The van der Waals surface area contributed by atoms with Crippen molar-refractivity contribution in [3.63, 3.8) is 0 Å². The normalized spacial score (nSPS) is 18.8. The summed E-state index contributed by atoms with van der Waals surface area (Å²) in [7, 11) is 0. The summed E-state index contributed by atoms with van der Waals surface area (Å²) in [5.74, 6) is 0.747. The lowest BCUT2D eigenvalue weighted by Gasteiger charge is -2.38. The Hall–Kier alpha value is -1.06. The maximum Gasteiger partial charge on any atom is 0.263 e. The van der Waals surface area contributed by atoms with Gasteiger partial charge in [0.2, 0.25) is 0 Å². The van der Waals surface area contributed by atoms with Gasteiger partial charge in [-0.3, -0.25) is 4.79 Å². The van der Waals surface area contributed by atoms with E-state index in [0.29, 0.717) is 11.3 Å². The number of amides is 1. The maximum atomic E-state index is 12.1. The van der Waals surface area contributed by atoms with Crippen LogP contribution in [0.4, 0.5) is 0 Å². The lowest BCUT2D eigenvalue weighted by atomic mass is 9.75. The molecule has 1 fully saturated rings. The SMILES string of the molecule is C/C(=N/OCC(=O)N1CCC(C(C)(C)C)CC1)C(C)(C)C. The molecular weight excluding hydrogens is 264 g/mol.